The van der Waals surface area contributed by atoms with Crippen LogP contribution in [-0.4, -0.2) is 150 Å². The van der Waals surface area contributed by atoms with E-state index in [0.29, 0.717) is 0 Å². The molecule has 1 aliphatic heterocycles. The van der Waals surface area contributed by atoms with Crippen LogP contribution in [-0.2, 0) is 9.47 Å². The van der Waals surface area contributed by atoms with Crippen molar-refractivity contribution in [1.82, 2.24) is 5.32 Å². The van der Waals surface area contributed by atoms with Gasteiger partial charge in [-0.1, -0.05) is 6.08 Å². The molecule has 1 heterocycles. The summed E-state index contributed by atoms with van der Waals surface area (Å²) < 4.78 is 11.1. The van der Waals surface area contributed by atoms with E-state index in [1.165, 1.54) is 6.08 Å². The maximum atomic E-state index is 10.8. The summed E-state index contributed by atoms with van der Waals surface area (Å²) in [4.78, 5) is 0. The van der Waals surface area contributed by atoms with Crippen molar-refractivity contribution in [3.05, 3.63) is 11.6 Å². The van der Waals surface area contributed by atoms with E-state index in [2.05, 4.69) is 5.32 Å². The third-order valence-corrected chi connectivity index (χ3v) is 6.98. The number of nitrogens with one attached hydrogen (secondary N) is 1. The largest absolute Gasteiger partial charge is 0.396 e. The normalized spacial score (nSPS) is 50.1. The van der Waals surface area contributed by atoms with Gasteiger partial charge in [0.2, 0.25) is 0 Å². The van der Waals surface area contributed by atoms with E-state index >= 15 is 0 Å². The Morgan fingerprint density at radius 1 is 0.882 bits per heavy atom. The first-order valence-electron chi connectivity index (χ1n) is 11.2. The van der Waals surface area contributed by atoms with Crippen molar-refractivity contribution >= 4 is 0 Å². The minimum Gasteiger partial charge on any atom is -0.396 e. The van der Waals surface area contributed by atoms with Crippen molar-refractivity contribution < 1.29 is 60.5 Å². The number of nitrogens with two attached hydrogens (primary N) is 1. The Morgan fingerprint density at radius 2 is 1.56 bits per heavy atom. The number of aliphatic hydroxyl groups is 10. The van der Waals surface area contributed by atoms with Gasteiger partial charge in [0, 0.05) is 18.6 Å². The quantitative estimate of drug-likeness (QED) is 0.146. The maximum Gasteiger partial charge on any atom is 0.176 e. The van der Waals surface area contributed by atoms with Crippen molar-refractivity contribution in [1.29, 1.82) is 0 Å². The van der Waals surface area contributed by atoms with Gasteiger partial charge in [0.1, 0.15) is 42.7 Å². The summed E-state index contributed by atoms with van der Waals surface area (Å²) in [6.07, 6.45) is -13.0. The first-order chi connectivity index (χ1) is 16.0. The molecular weight excluding hydrogens is 460 g/mol. The molecule has 0 aromatic rings. The summed E-state index contributed by atoms with van der Waals surface area (Å²) >= 11 is 0. The van der Waals surface area contributed by atoms with Crippen molar-refractivity contribution in [2.45, 2.75) is 85.8 Å². The lowest BCUT2D eigenvalue weighted by Gasteiger charge is -2.47. The van der Waals surface area contributed by atoms with Gasteiger partial charge in [-0.15, -0.1) is 0 Å². The minimum absolute atomic E-state index is 0.0279. The van der Waals surface area contributed by atoms with Crippen LogP contribution in [0.15, 0.2) is 11.6 Å². The lowest BCUT2D eigenvalue weighted by atomic mass is 9.78. The van der Waals surface area contributed by atoms with Gasteiger partial charge in [0.05, 0.1) is 37.5 Å². The molecule has 0 radical (unpaired) electrons. The molecule has 34 heavy (non-hydrogen) atoms. The Morgan fingerprint density at radius 3 is 2.15 bits per heavy atom. The number of hydrogen-bond donors (Lipinski definition) is 12. The highest BCUT2D eigenvalue weighted by atomic mass is 16.7. The molecule has 0 bridgehead atoms. The standard InChI is InChI=1S/C20H36N2O12/c21-11-16(30)15(29)10(5-25)33-20(11)34-19-7(4-24)2-9(14(28)18(19)32)22-8-1-6(3-23)12(26)17(31)13(8)27/h1,7-20,22-32H,2-5,21H2. The van der Waals surface area contributed by atoms with Crippen molar-refractivity contribution in [2.24, 2.45) is 11.7 Å². The van der Waals surface area contributed by atoms with Crippen LogP contribution in [0.3, 0.4) is 0 Å². The van der Waals surface area contributed by atoms with Crippen LogP contribution in [0, 0.1) is 5.92 Å². The van der Waals surface area contributed by atoms with Gasteiger partial charge in [-0.25, -0.2) is 0 Å². The van der Waals surface area contributed by atoms with Crippen LogP contribution < -0.4 is 11.1 Å². The molecule has 2 fully saturated rings. The van der Waals surface area contributed by atoms with E-state index in [1.807, 2.05) is 0 Å². The molecule has 3 rings (SSSR count). The average Bonchev–Trinajstić information content (AvgIpc) is 2.83. The molecule has 14 heteroatoms. The highest BCUT2D eigenvalue weighted by molar-refractivity contribution is 5.22. The monoisotopic (exact) mass is 496 g/mol. The minimum atomic E-state index is -1.59. The fourth-order valence-corrected chi connectivity index (χ4v) is 4.81. The van der Waals surface area contributed by atoms with Crippen LogP contribution in [0.5, 0.6) is 0 Å². The summed E-state index contributed by atoms with van der Waals surface area (Å²) in [5.74, 6) is -0.777. The molecule has 0 aromatic carbocycles. The lowest BCUT2D eigenvalue weighted by molar-refractivity contribution is -0.300. The average molecular weight is 497 g/mol. The Bertz CT molecular complexity index is 696. The van der Waals surface area contributed by atoms with E-state index in [-0.39, 0.29) is 12.0 Å². The van der Waals surface area contributed by atoms with E-state index in [1.54, 1.807) is 0 Å². The second-order valence-electron chi connectivity index (χ2n) is 9.17. The zero-order chi connectivity index (χ0) is 25.3. The first kappa shape index (κ1) is 27.8. The highest BCUT2D eigenvalue weighted by Crippen LogP contribution is 2.32. The zero-order valence-corrected chi connectivity index (χ0v) is 18.4. The summed E-state index contributed by atoms with van der Waals surface area (Å²) in [6.45, 7) is -1.69. The Hall–Kier alpha value is -0.820. The lowest BCUT2D eigenvalue weighted by Crippen LogP contribution is -2.67. The summed E-state index contributed by atoms with van der Waals surface area (Å²) in [5.41, 5.74) is 5.94. The van der Waals surface area contributed by atoms with Crippen molar-refractivity contribution in [3.63, 3.8) is 0 Å². The SMILES string of the molecule is NC1C(OC2C(CO)CC(NC3C=C(CO)C(O)C(O)C3O)C(O)C2O)OC(CO)C(O)C1O. The molecule has 0 amide bonds. The van der Waals surface area contributed by atoms with E-state index < -0.39 is 105 Å². The molecule has 14 nitrogen and oxygen atoms in total. The van der Waals surface area contributed by atoms with Crippen LogP contribution in [0.4, 0.5) is 0 Å². The molecule has 198 valence electrons. The summed E-state index contributed by atoms with van der Waals surface area (Å²) in [6, 6.07) is -3.13. The van der Waals surface area contributed by atoms with Crippen LogP contribution >= 0.6 is 0 Å². The van der Waals surface area contributed by atoms with Gasteiger partial charge in [-0.05, 0) is 12.0 Å². The molecule has 0 aromatic heterocycles. The van der Waals surface area contributed by atoms with Gasteiger partial charge in [-0.2, -0.15) is 0 Å². The summed E-state index contributed by atoms with van der Waals surface area (Å²) in [7, 11) is 0. The zero-order valence-electron chi connectivity index (χ0n) is 18.4. The number of hydrogen-bond acceptors (Lipinski definition) is 14. The molecule has 2 aliphatic carbocycles. The van der Waals surface area contributed by atoms with Gasteiger partial charge < -0.3 is 71.6 Å². The Labute approximate surface area is 195 Å². The van der Waals surface area contributed by atoms with E-state index in [9.17, 15) is 51.1 Å². The predicted octanol–water partition coefficient (Wildman–Crippen LogP) is -6.79. The topological polar surface area (TPSA) is 259 Å². The predicted molar refractivity (Wildman–Crippen MR) is 112 cm³/mol. The molecule has 1 saturated heterocycles. The maximum absolute atomic E-state index is 10.8. The first-order valence-corrected chi connectivity index (χ1v) is 11.2. The van der Waals surface area contributed by atoms with Crippen LogP contribution in [0.25, 0.3) is 0 Å². The molecule has 14 unspecified atom stereocenters. The Balaban J connectivity index is 1.73. The van der Waals surface area contributed by atoms with Gasteiger partial charge in [0.25, 0.3) is 0 Å². The second-order valence-corrected chi connectivity index (χ2v) is 9.17. The van der Waals surface area contributed by atoms with Gasteiger partial charge in [-0.3, -0.25) is 0 Å². The van der Waals surface area contributed by atoms with E-state index in [0.717, 1.165) is 0 Å². The second kappa shape index (κ2) is 11.5. The molecule has 0 spiro atoms. The van der Waals surface area contributed by atoms with Gasteiger partial charge >= 0.3 is 0 Å². The Kier molecular flexibility index (Phi) is 9.38. The van der Waals surface area contributed by atoms with Crippen LogP contribution in [0.1, 0.15) is 6.42 Å². The third kappa shape index (κ3) is 5.30. The fraction of sp³-hybridized carbons (Fsp3) is 0.900. The molecule has 14 atom stereocenters. The summed E-state index contributed by atoms with van der Waals surface area (Å²) in [5, 5.41) is 103. The number of aliphatic hydroxyl groups excluding tert-OH is 10. The number of ether oxygens (including phenoxy) is 2. The number of rotatable bonds is 7. The fourth-order valence-electron chi connectivity index (χ4n) is 4.81. The molecule has 1 saturated carbocycles. The molecule has 3 aliphatic rings. The third-order valence-electron chi connectivity index (χ3n) is 6.98. The van der Waals surface area contributed by atoms with Crippen molar-refractivity contribution in [3.8, 4) is 0 Å². The highest BCUT2D eigenvalue weighted by Gasteiger charge is 2.50. The smallest absolute Gasteiger partial charge is 0.176 e. The van der Waals surface area contributed by atoms with E-state index in [4.69, 9.17) is 15.2 Å². The van der Waals surface area contributed by atoms with Crippen molar-refractivity contribution in [2.75, 3.05) is 19.8 Å². The molecule has 13 N–H and O–H groups in total. The molecular formula is C20H36N2O12. The van der Waals surface area contributed by atoms with Gasteiger partial charge in [0.15, 0.2) is 6.29 Å². The van der Waals surface area contributed by atoms with Crippen LogP contribution in [0.2, 0.25) is 0 Å².